The van der Waals surface area contributed by atoms with E-state index in [0.717, 1.165) is 0 Å². The van der Waals surface area contributed by atoms with E-state index in [0.29, 0.717) is 5.69 Å². The van der Waals surface area contributed by atoms with Crippen molar-refractivity contribution in [2.75, 3.05) is 11.9 Å². The molecule has 64 valence electrons. The number of amides is 1. The van der Waals surface area contributed by atoms with E-state index in [2.05, 4.69) is 5.32 Å². The zero-order valence-corrected chi connectivity index (χ0v) is 6.38. The fourth-order valence-corrected chi connectivity index (χ4v) is 0.757. The lowest BCUT2D eigenvalue weighted by Gasteiger charge is -2.01. The minimum atomic E-state index is -0.445. The second kappa shape index (κ2) is 3.71. The molecule has 0 heterocycles. The van der Waals surface area contributed by atoms with Gasteiger partial charge in [0.25, 0.3) is 0 Å². The topological polar surface area (TPSA) is 55.1 Å². The molecule has 0 aromatic heterocycles. The van der Waals surface area contributed by atoms with Gasteiger partial charge >= 0.3 is 0 Å². The minimum Gasteiger partial charge on any atom is -0.376 e. The van der Waals surface area contributed by atoms with Crippen LogP contribution in [0.3, 0.4) is 0 Å². The molecule has 1 rings (SSSR count). The van der Waals surface area contributed by atoms with Crippen LogP contribution in [0.4, 0.5) is 10.1 Å². The van der Waals surface area contributed by atoms with Crippen molar-refractivity contribution in [1.29, 1.82) is 0 Å². The van der Waals surface area contributed by atoms with E-state index < -0.39 is 5.91 Å². The van der Waals surface area contributed by atoms with Crippen molar-refractivity contribution in [3.63, 3.8) is 0 Å². The molecule has 0 saturated carbocycles. The largest absolute Gasteiger partial charge is 0.376 e. The van der Waals surface area contributed by atoms with Gasteiger partial charge < -0.3 is 11.1 Å². The Bertz CT molecular complexity index is 271. The van der Waals surface area contributed by atoms with Crippen molar-refractivity contribution in [2.45, 2.75) is 0 Å². The summed E-state index contributed by atoms with van der Waals surface area (Å²) in [5, 5.41) is 2.73. The molecule has 1 aromatic carbocycles. The number of rotatable bonds is 3. The molecule has 0 bridgehead atoms. The number of halogens is 1. The maximum absolute atomic E-state index is 12.4. The van der Waals surface area contributed by atoms with Crippen LogP contribution in [0.2, 0.25) is 0 Å². The lowest BCUT2D eigenvalue weighted by molar-refractivity contribution is -0.116. The molecule has 0 atom stereocenters. The smallest absolute Gasteiger partial charge is 0.236 e. The lowest BCUT2D eigenvalue weighted by atomic mass is 10.3. The summed E-state index contributed by atoms with van der Waals surface area (Å²) < 4.78 is 12.4. The van der Waals surface area contributed by atoms with E-state index in [9.17, 15) is 9.18 Å². The van der Waals surface area contributed by atoms with E-state index in [1.165, 1.54) is 24.3 Å². The highest BCUT2D eigenvalue weighted by atomic mass is 19.1. The predicted octanol–water partition coefficient (Wildman–Crippen LogP) is 0.723. The molecule has 3 N–H and O–H groups in total. The number of benzene rings is 1. The number of carbonyl (C=O) groups excluding carboxylic acids is 1. The molecule has 0 fully saturated rings. The molecule has 0 spiro atoms. The third-order valence-corrected chi connectivity index (χ3v) is 1.31. The molecule has 1 amide bonds. The average molecular weight is 168 g/mol. The van der Waals surface area contributed by atoms with Crippen molar-refractivity contribution in [1.82, 2.24) is 0 Å². The maximum atomic E-state index is 12.4. The first-order valence-corrected chi connectivity index (χ1v) is 3.46. The van der Waals surface area contributed by atoms with Gasteiger partial charge in [0.1, 0.15) is 5.82 Å². The molecule has 0 saturated heterocycles. The Morgan fingerprint density at radius 2 is 2.00 bits per heavy atom. The Kier molecular flexibility index (Phi) is 2.63. The third-order valence-electron chi connectivity index (χ3n) is 1.31. The fourth-order valence-electron chi connectivity index (χ4n) is 0.757. The van der Waals surface area contributed by atoms with Crippen LogP contribution in [0.1, 0.15) is 0 Å². The SMILES string of the molecule is NC(=O)CNc1ccc(F)cc1. The lowest BCUT2D eigenvalue weighted by Crippen LogP contribution is -2.21. The first-order valence-electron chi connectivity index (χ1n) is 3.46. The van der Waals surface area contributed by atoms with Crippen molar-refractivity contribution < 1.29 is 9.18 Å². The Morgan fingerprint density at radius 1 is 1.42 bits per heavy atom. The van der Waals surface area contributed by atoms with Crippen LogP contribution in [0.5, 0.6) is 0 Å². The van der Waals surface area contributed by atoms with Crippen molar-refractivity contribution in [2.24, 2.45) is 5.73 Å². The van der Waals surface area contributed by atoms with Crippen LogP contribution < -0.4 is 11.1 Å². The van der Waals surface area contributed by atoms with Crippen LogP contribution in [0.15, 0.2) is 24.3 Å². The molecule has 0 aliphatic carbocycles. The van der Waals surface area contributed by atoms with Gasteiger partial charge in [-0.1, -0.05) is 0 Å². The Balaban J connectivity index is 2.53. The number of anilines is 1. The summed E-state index contributed by atoms with van der Waals surface area (Å²) in [6.07, 6.45) is 0. The monoisotopic (exact) mass is 168 g/mol. The van der Waals surface area contributed by atoms with Gasteiger partial charge in [-0.3, -0.25) is 4.79 Å². The average Bonchev–Trinajstić information content (AvgIpc) is 2.03. The summed E-state index contributed by atoms with van der Waals surface area (Å²) in [6, 6.07) is 5.70. The van der Waals surface area contributed by atoms with Crippen LogP contribution >= 0.6 is 0 Å². The van der Waals surface area contributed by atoms with Crippen molar-refractivity contribution in [3.05, 3.63) is 30.1 Å². The normalized spacial score (nSPS) is 9.42. The van der Waals surface area contributed by atoms with Gasteiger partial charge in [-0.05, 0) is 24.3 Å². The molecule has 1 aromatic rings. The number of primary amides is 1. The second-order valence-electron chi connectivity index (χ2n) is 2.33. The summed E-state index contributed by atoms with van der Waals surface area (Å²) in [6.45, 7) is 0.0611. The zero-order valence-electron chi connectivity index (χ0n) is 6.38. The number of nitrogens with two attached hydrogens (primary N) is 1. The number of carbonyl (C=O) groups is 1. The fraction of sp³-hybridized carbons (Fsp3) is 0.125. The predicted molar refractivity (Wildman–Crippen MR) is 44.1 cm³/mol. The third kappa shape index (κ3) is 2.57. The zero-order chi connectivity index (χ0) is 8.97. The van der Waals surface area contributed by atoms with E-state index in [1.54, 1.807) is 0 Å². The molecule has 3 nitrogen and oxygen atoms in total. The molecule has 0 unspecified atom stereocenters. The van der Waals surface area contributed by atoms with Crippen LogP contribution in [-0.4, -0.2) is 12.5 Å². The van der Waals surface area contributed by atoms with Gasteiger partial charge in [0.2, 0.25) is 5.91 Å². The van der Waals surface area contributed by atoms with E-state index in [4.69, 9.17) is 5.73 Å². The highest BCUT2D eigenvalue weighted by Gasteiger charge is 1.94. The Hall–Kier alpha value is -1.58. The summed E-state index contributed by atoms with van der Waals surface area (Å²) in [5.74, 6) is -0.751. The van der Waals surface area contributed by atoms with E-state index >= 15 is 0 Å². The van der Waals surface area contributed by atoms with E-state index in [1.807, 2.05) is 0 Å². The second-order valence-corrected chi connectivity index (χ2v) is 2.33. The minimum absolute atomic E-state index is 0.0611. The summed E-state index contributed by atoms with van der Waals surface area (Å²) in [4.78, 5) is 10.3. The molecular weight excluding hydrogens is 159 g/mol. The van der Waals surface area contributed by atoms with Gasteiger partial charge in [0.15, 0.2) is 0 Å². The standard InChI is InChI=1S/C8H9FN2O/c9-6-1-3-7(4-2-6)11-5-8(10)12/h1-4,11H,5H2,(H2,10,12). The van der Waals surface area contributed by atoms with Gasteiger partial charge in [-0.25, -0.2) is 4.39 Å². The Labute approximate surface area is 69.4 Å². The molecular formula is C8H9FN2O. The highest BCUT2D eigenvalue weighted by Crippen LogP contribution is 2.06. The quantitative estimate of drug-likeness (QED) is 0.698. The first-order chi connectivity index (χ1) is 5.68. The summed E-state index contributed by atoms with van der Waals surface area (Å²) in [7, 11) is 0. The number of hydrogen-bond donors (Lipinski definition) is 2. The van der Waals surface area contributed by atoms with Crippen LogP contribution in [-0.2, 0) is 4.79 Å². The number of nitrogens with one attached hydrogen (secondary N) is 1. The summed E-state index contributed by atoms with van der Waals surface area (Å²) >= 11 is 0. The van der Waals surface area contributed by atoms with Gasteiger partial charge in [-0.2, -0.15) is 0 Å². The van der Waals surface area contributed by atoms with Crippen LogP contribution in [0.25, 0.3) is 0 Å². The summed E-state index contributed by atoms with van der Waals surface area (Å²) in [5.41, 5.74) is 5.57. The first kappa shape index (κ1) is 8.52. The molecule has 0 aliphatic heterocycles. The van der Waals surface area contributed by atoms with Gasteiger partial charge in [-0.15, -0.1) is 0 Å². The maximum Gasteiger partial charge on any atom is 0.236 e. The van der Waals surface area contributed by atoms with Crippen molar-refractivity contribution >= 4 is 11.6 Å². The Morgan fingerprint density at radius 3 is 2.50 bits per heavy atom. The van der Waals surface area contributed by atoms with Crippen LogP contribution in [0, 0.1) is 5.82 Å². The van der Waals surface area contributed by atoms with Gasteiger partial charge in [0, 0.05) is 5.69 Å². The van der Waals surface area contributed by atoms with Gasteiger partial charge in [0.05, 0.1) is 6.54 Å². The molecule has 12 heavy (non-hydrogen) atoms. The number of hydrogen-bond acceptors (Lipinski definition) is 2. The molecule has 0 radical (unpaired) electrons. The molecule has 4 heteroatoms. The van der Waals surface area contributed by atoms with Crippen molar-refractivity contribution in [3.8, 4) is 0 Å². The van der Waals surface area contributed by atoms with E-state index in [-0.39, 0.29) is 12.4 Å². The highest BCUT2D eigenvalue weighted by molar-refractivity contribution is 5.78. The molecule has 0 aliphatic rings.